The second kappa shape index (κ2) is 7.65. The number of likely N-dealkylation sites (N-methyl/N-ethyl adjacent to an activating group) is 1. The molecule has 0 saturated carbocycles. The van der Waals surface area contributed by atoms with E-state index >= 15 is 0 Å². The van der Waals surface area contributed by atoms with Crippen molar-refractivity contribution in [1.82, 2.24) is 10.2 Å². The fraction of sp³-hybridized carbons (Fsp3) is 0.467. The van der Waals surface area contributed by atoms with Crippen LogP contribution >= 0.6 is 0 Å². The molecule has 0 bridgehead atoms. The Hall–Kier alpha value is -1.88. The van der Waals surface area contributed by atoms with Crippen molar-refractivity contribution in [3.8, 4) is 0 Å². The van der Waals surface area contributed by atoms with Gasteiger partial charge in [-0.25, -0.2) is 4.79 Å². The standard InChI is InChI=1S/C15H22N2O3/c1-5-12-6-8-13(9-7-12)10-17(3)11(2)14(18)16-15(19)20-4/h6-9,11H,5,10H2,1-4H3,(H,16,18,19)/t11-/m1/s1. The Morgan fingerprint density at radius 1 is 1.25 bits per heavy atom. The Bertz CT molecular complexity index is 457. The number of nitrogens with one attached hydrogen (secondary N) is 1. The predicted octanol–water partition coefficient (Wildman–Crippen LogP) is 1.95. The van der Waals surface area contributed by atoms with Gasteiger partial charge < -0.3 is 4.74 Å². The van der Waals surface area contributed by atoms with E-state index in [1.54, 1.807) is 6.92 Å². The van der Waals surface area contributed by atoms with Crippen molar-refractivity contribution in [3.05, 3.63) is 35.4 Å². The molecular formula is C15H22N2O3. The van der Waals surface area contributed by atoms with Crippen LogP contribution in [0.1, 0.15) is 25.0 Å². The van der Waals surface area contributed by atoms with Crippen molar-refractivity contribution in [2.45, 2.75) is 32.9 Å². The van der Waals surface area contributed by atoms with Crippen molar-refractivity contribution in [2.24, 2.45) is 0 Å². The highest BCUT2D eigenvalue weighted by molar-refractivity contribution is 5.94. The van der Waals surface area contributed by atoms with Crippen LogP contribution in [0.5, 0.6) is 0 Å². The zero-order valence-corrected chi connectivity index (χ0v) is 12.5. The molecule has 1 N–H and O–H groups in total. The van der Waals surface area contributed by atoms with Gasteiger partial charge in [0.2, 0.25) is 5.91 Å². The van der Waals surface area contributed by atoms with Crippen LogP contribution in [-0.2, 0) is 22.5 Å². The number of methoxy groups -OCH3 is 1. The van der Waals surface area contributed by atoms with Gasteiger partial charge in [-0.1, -0.05) is 31.2 Å². The van der Waals surface area contributed by atoms with Gasteiger partial charge in [0.25, 0.3) is 0 Å². The number of aryl methyl sites for hydroxylation is 1. The molecule has 0 spiro atoms. The molecule has 2 amide bonds. The summed E-state index contributed by atoms with van der Waals surface area (Å²) in [4.78, 5) is 24.7. The van der Waals surface area contributed by atoms with Crippen LogP contribution in [0.25, 0.3) is 0 Å². The summed E-state index contributed by atoms with van der Waals surface area (Å²) in [5, 5.41) is 2.17. The number of nitrogens with zero attached hydrogens (tertiary/aromatic N) is 1. The first-order chi connectivity index (χ1) is 9.47. The molecule has 0 heterocycles. The average molecular weight is 278 g/mol. The molecule has 0 saturated heterocycles. The molecule has 0 unspecified atom stereocenters. The largest absolute Gasteiger partial charge is 0.453 e. The fourth-order valence-electron chi connectivity index (χ4n) is 1.76. The first-order valence-electron chi connectivity index (χ1n) is 6.64. The molecule has 0 radical (unpaired) electrons. The van der Waals surface area contributed by atoms with Gasteiger partial charge in [0.1, 0.15) is 0 Å². The first-order valence-corrected chi connectivity index (χ1v) is 6.64. The molecule has 5 heteroatoms. The summed E-state index contributed by atoms with van der Waals surface area (Å²) < 4.78 is 4.41. The Balaban J connectivity index is 2.57. The Kier molecular flexibility index (Phi) is 6.18. The number of imide groups is 1. The second-order valence-electron chi connectivity index (χ2n) is 4.74. The van der Waals surface area contributed by atoms with Gasteiger partial charge in [0.05, 0.1) is 13.2 Å². The van der Waals surface area contributed by atoms with Crippen LogP contribution < -0.4 is 5.32 Å². The molecule has 0 aliphatic carbocycles. The lowest BCUT2D eigenvalue weighted by Gasteiger charge is -2.23. The maximum Gasteiger partial charge on any atom is 0.413 e. The monoisotopic (exact) mass is 278 g/mol. The summed E-state index contributed by atoms with van der Waals surface area (Å²) in [6.45, 7) is 4.50. The zero-order valence-electron chi connectivity index (χ0n) is 12.5. The lowest BCUT2D eigenvalue weighted by Crippen LogP contribution is -2.45. The molecule has 0 aromatic heterocycles. The molecule has 1 atom stereocenters. The summed E-state index contributed by atoms with van der Waals surface area (Å²) in [5.74, 6) is -0.371. The highest BCUT2D eigenvalue weighted by atomic mass is 16.5. The van der Waals surface area contributed by atoms with Gasteiger partial charge in [0, 0.05) is 6.54 Å². The van der Waals surface area contributed by atoms with E-state index in [4.69, 9.17) is 0 Å². The SMILES string of the molecule is CCc1ccc(CN(C)[C@H](C)C(=O)NC(=O)OC)cc1. The summed E-state index contributed by atoms with van der Waals surface area (Å²) in [6, 6.07) is 7.87. The van der Waals surface area contributed by atoms with Gasteiger partial charge in [0.15, 0.2) is 0 Å². The molecule has 0 aliphatic heterocycles. The minimum atomic E-state index is -0.734. The fourth-order valence-corrected chi connectivity index (χ4v) is 1.76. The third-order valence-corrected chi connectivity index (χ3v) is 3.31. The zero-order chi connectivity index (χ0) is 15.1. The third-order valence-electron chi connectivity index (χ3n) is 3.31. The molecule has 5 nitrogen and oxygen atoms in total. The number of alkyl carbamates (subject to hydrolysis) is 1. The lowest BCUT2D eigenvalue weighted by molar-refractivity contribution is -0.124. The molecule has 20 heavy (non-hydrogen) atoms. The van der Waals surface area contributed by atoms with Crippen LogP contribution in [0, 0.1) is 0 Å². The normalized spacial score (nSPS) is 12.1. The van der Waals surface area contributed by atoms with E-state index in [1.807, 2.05) is 11.9 Å². The van der Waals surface area contributed by atoms with Crippen LogP contribution in [0.4, 0.5) is 4.79 Å². The topological polar surface area (TPSA) is 58.6 Å². The van der Waals surface area contributed by atoms with Crippen LogP contribution in [0.15, 0.2) is 24.3 Å². The molecule has 1 aromatic carbocycles. The first kappa shape index (κ1) is 16.2. The minimum Gasteiger partial charge on any atom is -0.453 e. The van der Waals surface area contributed by atoms with Gasteiger partial charge in [-0.05, 0) is 31.5 Å². The lowest BCUT2D eigenvalue weighted by atomic mass is 10.1. The van der Waals surface area contributed by atoms with Crippen molar-refractivity contribution >= 4 is 12.0 Å². The van der Waals surface area contributed by atoms with E-state index in [9.17, 15) is 9.59 Å². The van der Waals surface area contributed by atoms with Crippen molar-refractivity contribution in [3.63, 3.8) is 0 Å². The molecular weight excluding hydrogens is 256 g/mol. The molecule has 0 fully saturated rings. The second-order valence-corrected chi connectivity index (χ2v) is 4.74. The molecule has 1 rings (SSSR count). The van der Waals surface area contributed by atoms with E-state index < -0.39 is 12.1 Å². The summed E-state index contributed by atoms with van der Waals surface area (Å²) in [7, 11) is 3.07. The number of hydrogen-bond donors (Lipinski definition) is 1. The van der Waals surface area contributed by atoms with Crippen LogP contribution in [0.3, 0.4) is 0 Å². The smallest absolute Gasteiger partial charge is 0.413 e. The third kappa shape index (κ3) is 4.66. The molecule has 1 aromatic rings. The molecule has 0 aliphatic rings. The summed E-state index contributed by atoms with van der Waals surface area (Å²) in [6.07, 6.45) is 0.274. The highest BCUT2D eigenvalue weighted by Gasteiger charge is 2.20. The average Bonchev–Trinajstić information content (AvgIpc) is 2.46. The Labute approximate surface area is 119 Å². The van der Waals surface area contributed by atoms with Crippen molar-refractivity contribution in [2.75, 3.05) is 14.2 Å². The quantitative estimate of drug-likeness (QED) is 0.894. The number of amides is 2. The highest BCUT2D eigenvalue weighted by Crippen LogP contribution is 2.09. The van der Waals surface area contributed by atoms with E-state index in [0.29, 0.717) is 6.54 Å². The van der Waals surface area contributed by atoms with Gasteiger partial charge in [-0.3, -0.25) is 15.0 Å². The number of carbonyl (C=O) groups is 2. The number of ether oxygens (including phenoxy) is 1. The number of benzene rings is 1. The van der Waals surface area contributed by atoms with Crippen LogP contribution in [0.2, 0.25) is 0 Å². The Morgan fingerprint density at radius 3 is 2.30 bits per heavy atom. The van der Waals surface area contributed by atoms with E-state index in [0.717, 1.165) is 12.0 Å². The van der Waals surface area contributed by atoms with Gasteiger partial charge >= 0.3 is 6.09 Å². The van der Waals surface area contributed by atoms with E-state index in [1.165, 1.54) is 12.7 Å². The number of hydrogen-bond acceptors (Lipinski definition) is 4. The minimum absolute atomic E-state index is 0.371. The predicted molar refractivity (Wildman–Crippen MR) is 77.3 cm³/mol. The Morgan fingerprint density at radius 2 is 1.80 bits per heavy atom. The number of rotatable bonds is 5. The van der Waals surface area contributed by atoms with Gasteiger partial charge in [-0.2, -0.15) is 0 Å². The summed E-state index contributed by atoms with van der Waals surface area (Å²) >= 11 is 0. The maximum absolute atomic E-state index is 11.8. The maximum atomic E-state index is 11.8. The molecule has 110 valence electrons. The van der Waals surface area contributed by atoms with E-state index in [-0.39, 0.29) is 5.91 Å². The number of carbonyl (C=O) groups excluding carboxylic acids is 2. The van der Waals surface area contributed by atoms with Crippen molar-refractivity contribution < 1.29 is 14.3 Å². The van der Waals surface area contributed by atoms with Crippen molar-refractivity contribution in [1.29, 1.82) is 0 Å². The van der Waals surface area contributed by atoms with E-state index in [2.05, 4.69) is 41.2 Å². The van der Waals surface area contributed by atoms with Crippen LogP contribution in [-0.4, -0.2) is 37.1 Å². The summed E-state index contributed by atoms with van der Waals surface area (Å²) in [5.41, 5.74) is 2.41. The van der Waals surface area contributed by atoms with Gasteiger partial charge in [-0.15, -0.1) is 0 Å².